The number of aliphatic hydroxyl groups excluding tert-OH is 1. The van der Waals surface area contributed by atoms with Crippen LogP contribution >= 0.6 is 0 Å². The van der Waals surface area contributed by atoms with E-state index in [1.807, 2.05) is 0 Å². The van der Waals surface area contributed by atoms with Gasteiger partial charge >= 0.3 is 12.1 Å². The summed E-state index contributed by atoms with van der Waals surface area (Å²) in [7, 11) is -3.23. The molecule has 1 aliphatic rings. The fourth-order valence-electron chi connectivity index (χ4n) is 3.03. The zero-order valence-electron chi connectivity index (χ0n) is 16.0. The Hall–Kier alpha value is -2.18. The minimum atomic E-state index is -4.44. The van der Waals surface area contributed by atoms with Gasteiger partial charge in [-0.3, -0.25) is 0 Å². The summed E-state index contributed by atoms with van der Waals surface area (Å²) in [5, 5.41) is 18.7. The number of carbonyl (C=O) groups is 2. The third-order valence-corrected chi connectivity index (χ3v) is 5.72. The molecule has 0 unspecified atom stereocenters. The molecule has 1 aliphatic heterocycles. The lowest BCUT2D eigenvalue weighted by Gasteiger charge is -2.29. The van der Waals surface area contributed by atoms with Crippen LogP contribution in [-0.4, -0.2) is 71.0 Å². The van der Waals surface area contributed by atoms with Crippen molar-refractivity contribution in [2.24, 2.45) is 7.05 Å². The Morgan fingerprint density at radius 1 is 1.39 bits per heavy atom. The van der Waals surface area contributed by atoms with E-state index in [4.69, 9.17) is 9.84 Å². The Balaban J connectivity index is 2.24. The largest absolute Gasteiger partial charge is 0.476 e. The highest BCUT2D eigenvalue weighted by Gasteiger charge is 2.41. The van der Waals surface area contributed by atoms with Crippen molar-refractivity contribution in [2.75, 3.05) is 13.2 Å². The van der Waals surface area contributed by atoms with Gasteiger partial charge in [-0.05, 0) is 27.2 Å². The molecular weight excluding hydrogens is 397 g/mol. The van der Waals surface area contributed by atoms with Crippen LogP contribution in [0.25, 0.3) is 0 Å². The number of carboxylic acid groups (broad SMARTS) is 1. The molecule has 0 radical (unpaired) electrons. The minimum absolute atomic E-state index is 0.130. The molecule has 2 atom stereocenters. The Morgan fingerprint density at radius 2 is 2.00 bits per heavy atom. The first-order valence-electron chi connectivity index (χ1n) is 8.49. The maximum Gasteiger partial charge on any atom is 0.410 e. The first kappa shape index (κ1) is 22.1. The maximum atomic E-state index is 14.3. The quantitative estimate of drug-likeness (QED) is 0.630. The van der Waals surface area contributed by atoms with Gasteiger partial charge in [0, 0.05) is 25.8 Å². The number of carboxylic acids is 1. The number of likely N-dealkylation sites (tertiary alicyclic amines) is 1. The number of aryl methyl sites for hydroxylation is 1. The number of hydrogen-bond donors (Lipinski definition) is 3. The van der Waals surface area contributed by atoms with Crippen LogP contribution in [0.3, 0.4) is 0 Å². The van der Waals surface area contributed by atoms with Crippen molar-refractivity contribution in [3.05, 3.63) is 17.7 Å². The van der Waals surface area contributed by atoms with Crippen LogP contribution in [0.5, 0.6) is 0 Å². The third-order valence-electron chi connectivity index (χ3n) is 4.25. The van der Waals surface area contributed by atoms with Gasteiger partial charge in [-0.2, -0.15) is 0 Å². The number of amides is 1. The number of halogens is 1. The van der Waals surface area contributed by atoms with Gasteiger partial charge in [0.2, 0.25) is 10.0 Å². The SMILES string of the molecule is Cn1cc(S(=O)(=O)N[C@@H]2CCN(C(=O)OC(C)(C)C)[C@@H]2CO)c(F)c1C(=O)O. The zero-order valence-corrected chi connectivity index (χ0v) is 16.8. The van der Waals surface area contributed by atoms with Gasteiger partial charge in [0.15, 0.2) is 11.5 Å². The van der Waals surface area contributed by atoms with E-state index in [9.17, 15) is 27.5 Å². The Bertz CT molecular complexity index is 876. The van der Waals surface area contributed by atoms with Gasteiger partial charge in [-0.15, -0.1) is 0 Å². The Morgan fingerprint density at radius 3 is 2.46 bits per heavy atom. The number of rotatable bonds is 5. The summed E-state index contributed by atoms with van der Waals surface area (Å²) >= 11 is 0. The highest BCUT2D eigenvalue weighted by molar-refractivity contribution is 7.89. The van der Waals surface area contributed by atoms with Crippen LogP contribution in [0.4, 0.5) is 9.18 Å². The molecule has 158 valence electrons. The summed E-state index contributed by atoms with van der Waals surface area (Å²) in [4.78, 5) is 23.8. The fraction of sp³-hybridized carbons (Fsp3) is 0.625. The number of aromatic nitrogens is 1. The van der Waals surface area contributed by atoms with Crippen LogP contribution in [0.1, 0.15) is 37.7 Å². The molecule has 12 heteroatoms. The van der Waals surface area contributed by atoms with E-state index in [1.54, 1.807) is 20.8 Å². The predicted molar refractivity (Wildman–Crippen MR) is 94.9 cm³/mol. The highest BCUT2D eigenvalue weighted by atomic mass is 32.2. The van der Waals surface area contributed by atoms with E-state index >= 15 is 0 Å². The molecule has 1 aromatic heterocycles. The molecule has 1 fully saturated rings. The van der Waals surface area contributed by atoms with E-state index in [0.717, 1.165) is 10.8 Å². The molecule has 3 N–H and O–H groups in total. The van der Waals surface area contributed by atoms with Crippen LogP contribution in [-0.2, 0) is 21.8 Å². The molecule has 0 bridgehead atoms. The minimum Gasteiger partial charge on any atom is -0.476 e. The van der Waals surface area contributed by atoms with Crippen molar-refractivity contribution in [3.8, 4) is 0 Å². The molecule has 1 aromatic rings. The summed E-state index contributed by atoms with van der Waals surface area (Å²) in [6.07, 6.45) is 0.326. The van der Waals surface area contributed by atoms with Crippen molar-refractivity contribution in [1.29, 1.82) is 0 Å². The maximum absolute atomic E-state index is 14.3. The van der Waals surface area contributed by atoms with Gasteiger partial charge in [-0.1, -0.05) is 0 Å². The molecule has 2 rings (SSSR count). The highest BCUT2D eigenvalue weighted by Crippen LogP contribution is 2.25. The number of aromatic carboxylic acids is 1. The Labute approximate surface area is 161 Å². The fourth-order valence-corrected chi connectivity index (χ4v) is 4.46. The molecule has 0 spiro atoms. The van der Waals surface area contributed by atoms with Crippen LogP contribution in [0.15, 0.2) is 11.1 Å². The summed E-state index contributed by atoms with van der Waals surface area (Å²) in [6, 6.07) is -1.80. The van der Waals surface area contributed by atoms with E-state index in [1.165, 1.54) is 11.9 Å². The second kappa shape index (κ2) is 7.68. The predicted octanol–water partition coefficient (Wildman–Crippen LogP) is 0.511. The van der Waals surface area contributed by atoms with Gasteiger partial charge in [0.05, 0.1) is 12.6 Å². The van der Waals surface area contributed by atoms with E-state index < -0.39 is 62.8 Å². The molecular formula is C16H24FN3O7S. The van der Waals surface area contributed by atoms with Gasteiger partial charge < -0.3 is 24.4 Å². The monoisotopic (exact) mass is 421 g/mol. The second-order valence-corrected chi connectivity index (χ2v) is 9.19. The summed E-state index contributed by atoms with van der Waals surface area (Å²) in [5.74, 6) is -2.99. The van der Waals surface area contributed by atoms with Crippen molar-refractivity contribution >= 4 is 22.1 Å². The normalized spacial score (nSPS) is 20.4. The van der Waals surface area contributed by atoms with Crippen molar-refractivity contribution in [3.63, 3.8) is 0 Å². The average molecular weight is 421 g/mol. The molecule has 1 amide bonds. The number of nitrogens with one attached hydrogen (secondary N) is 1. The van der Waals surface area contributed by atoms with E-state index in [2.05, 4.69) is 4.72 Å². The van der Waals surface area contributed by atoms with Gasteiger partial charge in [0.25, 0.3) is 0 Å². The van der Waals surface area contributed by atoms with Crippen molar-refractivity contribution in [1.82, 2.24) is 14.2 Å². The molecule has 10 nitrogen and oxygen atoms in total. The standard InChI is InChI=1S/C16H24FN3O7S/c1-16(2,3)27-15(24)20-6-5-9(10(20)8-21)18-28(25,26)11-7-19(4)13(12(11)17)14(22)23/h7,9-10,18,21H,5-6,8H2,1-4H3,(H,22,23)/t9-,10-/m1/s1. The topological polar surface area (TPSA) is 138 Å². The lowest BCUT2D eigenvalue weighted by atomic mass is 10.1. The average Bonchev–Trinajstić information content (AvgIpc) is 3.05. The first-order valence-corrected chi connectivity index (χ1v) is 9.97. The number of nitrogens with zero attached hydrogens (tertiary/aromatic N) is 2. The summed E-state index contributed by atoms with van der Waals surface area (Å²) in [6.45, 7) is 4.61. The number of hydrogen-bond acceptors (Lipinski definition) is 6. The molecule has 28 heavy (non-hydrogen) atoms. The molecule has 0 aromatic carbocycles. The molecule has 0 aliphatic carbocycles. The van der Waals surface area contributed by atoms with Gasteiger partial charge in [-0.25, -0.2) is 27.1 Å². The number of aliphatic hydroxyl groups is 1. The number of sulfonamides is 1. The number of ether oxygens (including phenoxy) is 1. The van der Waals surface area contributed by atoms with Crippen LogP contribution < -0.4 is 4.72 Å². The van der Waals surface area contributed by atoms with Crippen molar-refractivity contribution < 1.29 is 37.3 Å². The van der Waals surface area contributed by atoms with Crippen molar-refractivity contribution in [2.45, 2.75) is 49.8 Å². The third kappa shape index (κ3) is 4.45. The first-order chi connectivity index (χ1) is 12.8. The summed E-state index contributed by atoms with van der Waals surface area (Å²) in [5.41, 5.74) is -1.56. The van der Waals surface area contributed by atoms with Crippen LogP contribution in [0, 0.1) is 5.82 Å². The molecule has 0 saturated carbocycles. The molecule has 2 heterocycles. The van der Waals surface area contributed by atoms with E-state index in [-0.39, 0.29) is 13.0 Å². The second-order valence-electron chi connectivity index (χ2n) is 7.51. The lowest BCUT2D eigenvalue weighted by molar-refractivity contribution is 0.0163. The van der Waals surface area contributed by atoms with Crippen LogP contribution in [0.2, 0.25) is 0 Å². The van der Waals surface area contributed by atoms with E-state index in [0.29, 0.717) is 0 Å². The number of carbonyl (C=O) groups excluding carboxylic acids is 1. The van der Waals surface area contributed by atoms with Gasteiger partial charge in [0.1, 0.15) is 10.5 Å². The zero-order chi connectivity index (χ0) is 21.4. The summed E-state index contributed by atoms with van der Waals surface area (Å²) < 4.78 is 47.9. The smallest absolute Gasteiger partial charge is 0.410 e. The molecule has 1 saturated heterocycles. The lowest BCUT2D eigenvalue weighted by Crippen LogP contribution is -2.49. The Kier molecular flexibility index (Phi) is 6.07.